The third-order valence-corrected chi connectivity index (χ3v) is 4.60. The zero-order chi connectivity index (χ0) is 16.0. The number of rotatable bonds is 5. The van der Waals surface area contributed by atoms with Gasteiger partial charge in [0.2, 0.25) is 0 Å². The van der Waals surface area contributed by atoms with Crippen molar-refractivity contribution in [3.05, 3.63) is 0 Å². The Morgan fingerprint density at radius 1 is 1.19 bits per heavy atom. The molecule has 0 saturated carbocycles. The van der Waals surface area contributed by atoms with Gasteiger partial charge < -0.3 is 15.3 Å². The van der Waals surface area contributed by atoms with Crippen molar-refractivity contribution in [2.75, 3.05) is 19.6 Å². The second-order valence-corrected chi connectivity index (χ2v) is 6.80. The first-order chi connectivity index (χ1) is 9.82. The van der Waals surface area contributed by atoms with E-state index in [2.05, 4.69) is 19.2 Å². The monoisotopic (exact) mass is 298 g/mol. The third-order valence-electron chi connectivity index (χ3n) is 4.60. The van der Waals surface area contributed by atoms with E-state index in [-0.39, 0.29) is 18.5 Å². The van der Waals surface area contributed by atoms with Gasteiger partial charge in [0.1, 0.15) is 0 Å². The number of hydrogen-bond acceptors (Lipinski definition) is 2. The molecule has 5 nitrogen and oxygen atoms in total. The fourth-order valence-corrected chi connectivity index (χ4v) is 2.91. The normalized spacial score (nSPS) is 21.2. The van der Waals surface area contributed by atoms with Crippen molar-refractivity contribution < 1.29 is 14.7 Å². The van der Waals surface area contributed by atoms with E-state index < -0.39 is 11.9 Å². The smallest absolute Gasteiger partial charge is 0.317 e. The number of nitrogens with one attached hydrogen (secondary N) is 1. The first-order valence-corrected chi connectivity index (χ1v) is 8.08. The Morgan fingerprint density at radius 3 is 2.38 bits per heavy atom. The van der Waals surface area contributed by atoms with Crippen LogP contribution in [0.5, 0.6) is 0 Å². The minimum atomic E-state index is -0.846. The molecule has 0 bridgehead atoms. The van der Waals surface area contributed by atoms with Crippen LogP contribution in [0.3, 0.4) is 0 Å². The van der Waals surface area contributed by atoms with Crippen LogP contribution in [-0.2, 0) is 4.79 Å². The molecule has 1 fully saturated rings. The zero-order valence-corrected chi connectivity index (χ0v) is 13.8. The molecular weight excluding hydrogens is 268 g/mol. The highest BCUT2D eigenvalue weighted by Gasteiger charge is 2.25. The number of carbonyl (C=O) groups is 2. The molecule has 0 aromatic carbocycles. The summed E-state index contributed by atoms with van der Waals surface area (Å²) in [6.07, 6.45) is 3.24. The number of amides is 2. The van der Waals surface area contributed by atoms with Gasteiger partial charge in [-0.1, -0.05) is 27.7 Å². The topological polar surface area (TPSA) is 69.6 Å². The number of carboxylic acid groups (broad SMARTS) is 1. The largest absolute Gasteiger partial charge is 0.481 e. The zero-order valence-electron chi connectivity index (χ0n) is 13.8. The number of urea groups is 1. The Labute approximate surface area is 128 Å². The van der Waals surface area contributed by atoms with Gasteiger partial charge in [0.15, 0.2) is 0 Å². The third kappa shape index (κ3) is 5.56. The Morgan fingerprint density at radius 2 is 1.86 bits per heavy atom. The van der Waals surface area contributed by atoms with E-state index in [1.807, 2.05) is 18.7 Å². The van der Waals surface area contributed by atoms with Crippen LogP contribution in [0.15, 0.2) is 0 Å². The van der Waals surface area contributed by atoms with Gasteiger partial charge in [-0.05, 0) is 37.0 Å². The first-order valence-electron chi connectivity index (χ1n) is 8.08. The lowest BCUT2D eigenvalue weighted by molar-refractivity contribution is -0.142. The van der Waals surface area contributed by atoms with Crippen molar-refractivity contribution in [3.63, 3.8) is 0 Å². The van der Waals surface area contributed by atoms with Gasteiger partial charge in [0.05, 0.1) is 5.92 Å². The predicted octanol–water partition coefficient (Wildman–Crippen LogP) is 2.81. The van der Waals surface area contributed by atoms with Gasteiger partial charge in [-0.2, -0.15) is 0 Å². The fourth-order valence-electron chi connectivity index (χ4n) is 2.91. The van der Waals surface area contributed by atoms with Crippen molar-refractivity contribution in [3.8, 4) is 0 Å². The molecule has 1 aliphatic heterocycles. The molecule has 0 aromatic heterocycles. The van der Waals surface area contributed by atoms with E-state index in [9.17, 15) is 9.59 Å². The Kier molecular flexibility index (Phi) is 6.99. The van der Waals surface area contributed by atoms with E-state index in [1.54, 1.807) is 0 Å². The maximum absolute atomic E-state index is 12.2. The molecule has 1 heterocycles. The second-order valence-electron chi connectivity index (χ2n) is 6.80. The van der Waals surface area contributed by atoms with Gasteiger partial charge in [-0.25, -0.2) is 4.79 Å². The van der Waals surface area contributed by atoms with E-state index in [0.29, 0.717) is 11.8 Å². The van der Waals surface area contributed by atoms with Gasteiger partial charge in [-0.15, -0.1) is 0 Å². The van der Waals surface area contributed by atoms with Crippen molar-refractivity contribution in [2.45, 2.75) is 47.0 Å². The van der Waals surface area contributed by atoms with Crippen molar-refractivity contribution in [2.24, 2.45) is 23.7 Å². The minimum Gasteiger partial charge on any atom is -0.481 e. The SMILES string of the molecule is CC(C)C1CCCN(C(=O)NCC(C(=O)O)C(C)C)CC1. The van der Waals surface area contributed by atoms with E-state index in [4.69, 9.17) is 5.11 Å². The summed E-state index contributed by atoms with van der Waals surface area (Å²) in [7, 11) is 0. The summed E-state index contributed by atoms with van der Waals surface area (Å²) in [4.78, 5) is 25.2. The summed E-state index contributed by atoms with van der Waals surface area (Å²) in [5.41, 5.74) is 0. The number of likely N-dealkylation sites (tertiary alicyclic amines) is 1. The molecule has 2 atom stereocenters. The lowest BCUT2D eigenvalue weighted by Gasteiger charge is -2.24. The summed E-state index contributed by atoms with van der Waals surface area (Å²) in [6, 6.07) is -0.119. The molecule has 2 unspecified atom stereocenters. The van der Waals surface area contributed by atoms with Crippen LogP contribution in [0, 0.1) is 23.7 Å². The molecule has 5 heteroatoms. The minimum absolute atomic E-state index is 0.0113. The summed E-state index contributed by atoms with van der Waals surface area (Å²) >= 11 is 0. The summed E-state index contributed by atoms with van der Waals surface area (Å²) < 4.78 is 0. The summed E-state index contributed by atoms with van der Waals surface area (Å²) in [6.45, 7) is 9.95. The van der Waals surface area contributed by atoms with Gasteiger partial charge in [0.25, 0.3) is 0 Å². The Balaban J connectivity index is 2.46. The first kappa shape index (κ1) is 17.8. The molecule has 1 aliphatic rings. The average Bonchev–Trinajstić information content (AvgIpc) is 2.63. The van der Waals surface area contributed by atoms with Crippen molar-refractivity contribution >= 4 is 12.0 Å². The van der Waals surface area contributed by atoms with Gasteiger partial charge in [-0.3, -0.25) is 4.79 Å². The van der Waals surface area contributed by atoms with Crippen LogP contribution in [0.1, 0.15) is 47.0 Å². The lowest BCUT2D eigenvalue weighted by Crippen LogP contribution is -2.44. The lowest BCUT2D eigenvalue weighted by atomic mass is 9.89. The van der Waals surface area contributed by atoms with Crippen LogP contribution < -0.4 is 5.32 Å². The molecule has 0 spiro atoms. The number of carbonyl (C=O) groups excluding carboxylic acids is 1. The number of aliphatic carboxylic acids is 1. The quantitative estimate of drug-likeness (QED) is 0.820. The molecule has 0 radical (unpaired) electrons. The van der Waals surface area contributed by atoms with Crippen LogP contribution in [0.25, 0.3) is 0 Å². The van der Waals surface area contributed by atoms with E-state index in [0.717, 1.165) is 25.9 Å². The van der Waals surface area contributed by atoms with E-state index >= 15 is 0 Å². The van der Waals surface area contributed by atoms with Gasteiger partial charge >= 0.3 is 12.0 Å². The summed E-state index contributed by atoms with van der Waals surface area (Å²) in [5.74, 6) is -0.0155. The highest BCUT2D eigenvalue weighted by Crippen LogP contribution is 2.24. The van der Waals surface area contributed by atoms with E-state index in [1.165, 1.54) is 6.42 Å². The Bertz CT molecular complexity index is 355. The molecule has 122 valence electrons. The highest BCUT2D eigenvalue weighted by molar-refractivity contribution is 5.76. The Hall–Kier alpha value is -1.26. The number of hydrogen-bond donors (Lipinski definition) is 2. The summed E-state index contributed by atoms with van der Waals surface area (Å²) in [5, 5.41) is 11.9. The number of carboxylic acids is 1. The molecule has 2 amide bonds. The highest BCUT2D eigenvalue weighted by atomic mass is 16.4. The fraction of sp³-hybridized carbons (Fsp3) is 0.875. The maximum Gasteiger partial charge on any atom is 0.317 e. The molecular formula is C16H30N2O3. The second kappa shape index (κ2) is 8.25. The molecule has 1 saturated heterocycles. The van der Waals surface area contributed by atoms with Gasteiger partial charge in [0, 0.05) is 19.6 Å². The number of nitrogens with zero attached hydrogens (tertiary/aromatic N) is 1. The van der Waals surface area contributed by atoms with Crippen LogP contribution >= 0.6 is 0 Å². The van der Waals surface area contributed by atoms with Crippen molar-refractivity contribution in [1.29, 1.82) is 0 Å². The van der Waals surface area contributed by atoms with Crippen LogP contribution in [-0.4, -0.2) is 41.6 Å². The maximum atomic E-state index is 12.2. The molecule has 0 aromatic rings. The average molecular weight is 298 g/mol. The van der Waals surface area contributed by atoms with Crippen LogP contribution in [0.2, 0.25) is 0 Å². The predicted molar refractivity (Wildman–Crippen MR) is 83.1 cm³/mol. The molecule has 2 N–H and O–H groups in total. The molecule has 1 rings (SSSR count). The standard InChI is InChI=1S/C16H30N2O3/c1-11(2)13-6-5-8-18(9-7-13)16(21)17-10-14(12(3)4)15(19)20/h11-14H,5-10H2,1-4H3,(H,17,21)(H,19,20). The molecule has 21 heavy (non-hydrogen) atoms. The van der Waals surface area contributed by atoms with Crippen LogP contribution in [0.4, 0.5) is 4.79 Å². The van der Waals surface area contributed by atoms with Crippen molar-refractivity contribution in [1.82, 2.24) is 10.2 Å². The molecule has 0 aliphatic carbocycles.